The third-order valence-electron chi connectivity index (χ3n) is 2.53. The van der Waals surface area contributed by atoms with Gasteiger partial charge in [-0.05, 0) is 13.0 Å². The minimum absolute atomic E-state index is 0.0997. The zero-order valence-electron chi connectivity index (χ0n) is 9.58. The highest BCUT2D eigenvalue weighted by Crippen LogP contribution is 2.29. The number of nitrogens with zero attached hydrogens (tertiary/aromatic N) is 2. The Balaban J connectivity index is 2.84. The molecule has 4 nitrogen and oxygen atoms in total. The first-order chi connectivity index (χ1) is 8.34. The molecule has 0 aliphatic rings. The second kappa shape index (κ2) is 4.01. The van der Waals surface area contributed by atoms with Crippen LogP contribution in [0.3, 0.4) is 0 Å². The summed E-state index contributed by atoms with van der Waals surface area (Å²) >= 11 is 0. The summed E-state index contributed by atoms with van der Waals surface area (Å²) in [5.41, 5.74) is -2.43. The quantitative estimate of drug-likeness (QED) is 0.786. The Labute approximate surface area is 99.6 Å². The number of pyridine rings is 1. The van der Waals surface area contributed by atoms with E-state index in [1.54, 1.807) is 0 Å². The van der Waals surface area contributed by atoms with E-state index < -0.39 is 23.0 Å². The number of methoxy groups -OCH3 is 1. The number of fused-ring (bicyclic) bond motifs is 1. The number of hydrogen-bond acceptors (Lipinski definition) is 3. The average molecular weight is 258 g/mol. The van der Waals surface area contributed by atoms with Crippen molar-refractivity contribution < 1.29 is 17.9 Å². The fraction of sp³-hybridized carbons (Fsp3) is 0.273. The van der Waals surface area contributed by atoms with E-state index in [1.807, 2.05) is 0 Å². The third-order valence-corrected chi connectivity index (χ3v) is 2.53. The Kier molecular flexibility index (Phi) is 2.76. The molecule has 0 fully saturated rings. The summed E-state index contributed by atoms with van der Waals surface area (Å²) < 4.78 is 44.0. The van der Waals surface area contributed by atoms with Gasteiger partial charge in [-0.15, -0.1) is 0 Å². The van der Waals surface area contributed by atoms with Crippen LogP contribution in [0.5, 0.6) is 5.75 Å². The molecule has 0 aliphatic carbocycles. The molecule has 0 bridgehead atoms. The lowest BCUT2D eigenvalue weighted by Gasteiger charge is -2.11. The van der Waals surface area contributed by atoms with Gasteiger partial charge in [-0.25, -0.2) is 4.98 Å². The molecule has 96 valence electrons. The molecule has 0 saturated carbocycles. The lowest BCUT2D eigenvalue weighted by atomic mass is 10.2. The van der Waals surface area contributed by atoms with Gasteiger partial charge in [0.1, 0.15) is 11.4 Å². The Morgan fingerprint density at radius 3 is 2.61 bits per heavy atom. The van der Waals surface area contributed by atoms with Crippen LogP contribution < -0.4 is 10.3 Å². The highest BCUT2D eigenvalue weighted by Gasteiger charge is 2.36. The van der Waals surface area contributed by atoms with Crippen molar-refractivity contribution in [3.8, 4) is 5.75 Å². The number of aromatic nitrogens is 2. The van der Waals surface area contributed by atoms with Gasteiger partial charge in [0.2, 0.25) is 0 Å². The predicted molar refractivity (Wildman–Crippen MR) is 57.8 cm³/mol. The van der Waals surface area contributed by atoms with E-state index in [-0.39, 0.29) is 5.65 Å². The molecule has 18 heavy (non-hydrogen) atoms. The Morgan fingerprint density at radius 1 is 1.39 bits per heavy atom. The molecule has 0 unspecified atom stereocenters. The van der Waals surface area contributed by atoms with Crippen LogP contribution in [0.15, 0.2) is 23.1 Å². The van der Waals surface area contributed by atoms with Gasteiger partial charge in [0.15, 0.2) is 5.69 Å². The van der Waals surface area contributed by atoms with Gasteiger partial charge in [-0.2, -0.15) is 13.2 Å². The van der Waals surface area contributed by atoms with Crippen molar-refractivity contribution in [2.45, 2.75) is 13.1 Å². The molecule has 0 amide bonds. The molecule has 2 heterocycles. The monoisotopic (exact) mass is 258 g/mol. The van der Waals surface area contributed by atoms with Gasteiger partial charge in [0.05, 0.1) is 7.11 Å². The van der Waals surface area contributed by atoms with Crippen molar-refractivity contribution in [2.24, 2.45) is 0 Å². The van der Waals surface area contributed by atoms with Gasteiger partial charge < -0.3 is 4.74 Å². The van der Waals surface area contributed by atoms with E-state index in [1.165, 1.54) is 25.4 Å². The van der Waals surface area contributed by atoms with Crippen molar-refractivity contribution in [3.63, 3.8) is 0 Å². The molecule has 0 saturated heterocycles. The number of rotatable bonds is 1. The second-order valence-electron chi connectivity index (χ2n) is 3.68. The van der Waals surface area contributed by atoms with E-state index in [2.05, 4.69) is 4.98 Å². The first-order valence-corrected chi connectivity index (χ1v) is 4.99. The summed E-state index contributed by atoms with van der Waals surface area (Å²) in [5, 5.41) is 0. The maximum Gasteiger partial charge on any atom is 0.433 e. The van der Waals surface area contributed by atoms with Crippen LogP contribution in [0.4, 0.5) is 13.2 Å². The van der Waals surface area contributed by atoms with Gasteiger partial charge in [0, 0.05) is 17.8 Å². The molecule has 2 aromatic rings. The number of alkyl halides is 3. The van der Waals surface area contributed by atoms with Crippen LogP contribution in [0.1, 0.15) is 11.3 Å². The lowest BCUT2D eigenvalue weighted by molar-refractivity contribution is -0.141. The SMILES string of the molecule is COc1ccn2c(=O)c(C)c(C(F)(F)F)nc2c1. The van der Waals surface area contributed by atoms with Crippen LogP contribution >= 0.6 is 0 Å². The standard InChI is InChI=1S/C11H9F3N2O2/c1-6-9(11(12,13)14)15-8-5-7(18-2)3-4-16(8)10(6)17/h3-5H,1-2H3. The molecular weight excluding hydrogens is 249 g/mol. The maximum absolute atomic E-state index is 12.7. The van der Waals surface area contributed by atoms with E-state index in [4.69, 9.17) is 4.74 Å². The fourth-order valence-corrected chi connectivity index (χ4v) is 1.61. The minimum Gasteiger partial charge on any atom is -0.497 e. The van der Waals surface area contributed by atoms with Crippen LogP contribution in [0.25, 0.3) is 5.65 Å². The van der Waals surface area contributed by atoms with Gasteiger partial charge in [0.25, 0.3) is 5.56 Å². The van der Waals surface area contributed by atoms with Crippen LogP contribution in [-0.4, -0.2) is 16.5 Å². The maximum atomic E-state index is 12.7. The zero-order chi connectivity index (χ0) is 13.5. The Hall–Kier alpha value is -2.05. The van der Waals surface area contributed by atoms with E-state index in [9.17, 15) is 18.0 Å². The molecule has 0 N–H and O–H groups in total. The van der Waals surface area contributed by atoms with Gasteiger partial charge in [-0.3, -0.25) is 9.20 Å². The van der Waals surface area contributed by atoms with Crippen LogP contribution in [0, 0.1) is 6.92 Å². The molecule has 0 aromatic carbocycles. The summed E-state index contributed by atoms with van der Waals surface area (Å²) in [7, 11) is 1.38. The topological polar surface area (TPSA) is 43.6 Å². The molecule has 0 radical (unpaired) electrons. The van der Waals surface area contributed by atoms with Gasteiger partial charge >= 0.3 is 6.18 Å². The van der Waals surface area contributed by atoms with E-state index in [0.717, 1.165) is 11.3 Å². The molecular formula is C11H9F3N2O2. The highest BCUT2D eigenvalue weighted by molar-refractivity contribution is 5.46. The average Bonchev–Trinajstić information content (AvgIpc) is 2.31. The minimum atomic E-state index is -4.65. The summed E-state index contributed by atoms with van der Waals surface area (Å²) in [6.07, 6.45) is -3.32. The molecule has 0 aliphatic heterocycles. The van der Waals surface area contributed by atoms with Gasteiger partial charge in [-0.1, -0.05) is 0 Å². The third kappa shape index (κ3) is 1.92. The molecule has 0 spiro atoms. The van der Waals surface area contributed by atoms with E-state index >= 15 is 0 Å². The smallest absolute Gasteiger partial charge is 0.433 e. The zero-order valence-corrected chi connectivity index (χ0v) is 9.58. The lowest BCUT2D eigenvalue weighted by Crippen LogP contribution is -2.24. The number of hydrogen-bond donors (Lipinski definition) is 0. The molecule has 2 aromatic heterocycles. The van der Waals surface area contributed by atoms with Crippen molar-refractivity contribution >= 4 is 5.65 Å². The van der Waals surface area contributed by atoms with Crippen molar-refractivity contribution in [1.29, 1.82) is 0 Å². The van der Waals surface area contributed by atoms with Crippen molar-refractivity contribution in [3.05, 3.63) is 39.9 Å². The van der Waals surface area contributed by atoms with Crippen molar-refractivity contribution in [1.82, 2.24) is 9.38 Å². The summed E-state index contributed by atoms with van der Waals surface area (Å²) in [6, 6.07) is 2.75. The summed E-state index contributed by atoms with van der Waals surface area (Å²) in [5.74, 6) is 0.332. The van der Waals surface area contributed by atoms with E-state index in [0.29, 0.717) is 5.75 Å². The Morgan fingerprint density at radius 2 is 2.06 bits per heavy atom. The molecule has 2 rings (SSSR count). The molecule has 0 atom stereocenters. The first-order valence-electron chi connectivity index (χ1n) is 4.99. The fourth-order valence-electron chi connectivity index (χ4n) is 1.61. The molecule has 7 heteroatoms. The predicted octanol–water partition coefficient (Wildman–Crippen LogP) is 2.03. The van der Waals surface area contributed by atoms with Crippen LogP contribution in [-0.2, 0) is 6.18 Å². The summed E-state index contributed by atoms with van der Waals surface area (Å²) in [6.45, 7) is 1.11. The normalized spacial score (nSPS) is 11.8. The highest BCUT2D eigenvalue weighted by atomic mass is 19.4. The first kappa shape index (κ1) is 12.4. The Bertz CT molecular complexity index is 662. The largest absolute Gasteiger partial charge is 0.497 e. The number of ether oxygens (including phenoxy) is 1. The summed E-state index contributed by atoms with van der Waals surface area (Å²) in [4.78, 5) is 15.3. The van der Waals surface area contributed by atoms with Crippen LogP contribution in [0.2, 0.25) is 0 Å². The second-order valence-corrected chi connectivity index (χ2v) is 3.68. The van der Waals surface area contributed by atoms with Crippen molar-refractivity contribution in [2.75, 3.05) is 7.11 Å². The number of halogens is 3.